The lowest BCUT2D eigenvalue weighted by atomic mass is 10.1. The molecule has 0 aliphatic heterocycles. The third-order valence-corrected chi connectivity index (χ3v) is 4.95. The molecule has 1 aromatic heterocycles. The molecule has 1 aromatic carbocycles. The van der Waals surface area contributed by atoms with E-state index in [0.717, 1.165) is 33.6 Å². The van der Waals surface area contributed by atoms with Gasteiger partial charge in [-0.05, 0) is 25.0 Å². The Balaban J connectivity index is 1.95. The maximum Gasteiger partial charge on any atom is 0.312 e. The number of carbonyl (C=O) groups is 1. The highest BCUT2D eigenvalue weighted by Gasteiger charge is 2.33. The van der Waals surface area contributed by atoms with Crippen molar-refractivity contribution in [3.63, 3.8) is 0 Å². The van der Waals surface area contributed by atoms with E-state index in [1.807, 2.05) is 36.2 Å². The van der Waals surface area contributed by atoms with Gasteiger partial charge >= 0.3 is 5.97 Å². The van der Waals surface area contributed by atoms with Crippen LogP contribution in [0.3, 0.4) is 0 Å². The Morgan fingerprint density at radius 2 is 2.24 bits per heavy atom. The van der Waals surface area contributed by atoms with E-state index in [1.54, 1.807) is 18.4 Å². The van der Waals surface area contributed by atoms with E-state index in [2.05, 4.69) is 4.98 Å². The fourth-order valence-corrected chi connectivity index (χ4v) is 3.72. The van der Waals surface area contributed by atoms with Gasteiger partial charge in [0.25, 0.3) is 0 Å². The topological polar surface area (TPSA) is 62.7 Å². The highest BCUT2D eigenvalue weighted by atomic mass is 32.1. The molecule has 21 heavy (non-hydrogen) atoms. The largest absolute Gasteiger partial charge is 0.495 e. The van der Waals surface area contributed by atoms with E-state index in [-0.39, 0.29) is 0 Å². The molecule has 110 valence electrons. The van der Waals surface area contributed by atoms with E-state index in [4.69, 9.17) is 4.74 Å². The highest BCUT2D eigenvalue weighted by molar-refractivity contribution is 7.15. The van der Waals surface area contributed by atoms with Gasteiger partial charge in [-0.2, -0.15) is 0 Å². The number of thiazole rings is 1. The number of carboxylic acid groups (broad SMARTS) is 1. The summed E-state index contributed by atoms with van der Waals surface area (Å²) in [7, 11) is 3.55. The number of hydrogen-bond acceptors (Lipinski definition) is 5. The average molecular weight is 304 g/mol. The first-order valence-corrected chi connectivity index (χ1v) is 7.52. The summed E-state index contributed by atoms with van der Waals surface area (Å²) in [6.45, 7) is 0. The second kappa shape index (κ2) is 5.37. The molecule has 0 spiro atoms. The molecule has 1 aliphatic rings. The Kier molecular flexibility index (Phi) is 3.55. The third kappa shape index (κ3) is 2.35. The lowest BCUT2D eigenvalue weighted by Crippen LogP contribution is -2.12. The predicted molar refractivity (Wildman–Crippen MR) is 81.9 cm³/mol. The van der Waals surface area contributed by atoms with Gasteiger partial charge in [0.2, 0.25) is 0 Å². The van der Waals surface area contributed by atoms with Crippen molar-refractivity contribution in [1.82, 2.24) is 4.98 Å². The normalized spacial score (nSPS) is 16.6. The second-order valence-corrected chi connectivity index (χ2v) is 6.03. The molecule has 1 atom stereocenters. The Morgan fingerprint density at radius 1 is 1.48 bits per heavy atom. The fraction of sp³-hybridized carbons (Fsp3) is 0.333. The Hall–Kier alpha value is -2.08. The zero-order valence-corrected chi connectivity index (χ0v) is 12.7. The van der Waals surface area contributed by atoms with Crippen molar-refractivity contribution in [2.24, 2.45) is 0 Å². The first kappa shape index (κ1) is 13.9. The number of methoxy groups -OCH3 is 1. The van der Waals surface area contributed by atoms with Crippen LogP contribution >= 0.6 is 11.3 Å². The van der Waals surface area contributed by atoms with Gasteiger partial charge in [0.15, 0.2) is 5.13 Å². The van der Waals surface area contributed by atoms with Gasteiger partial charge in [0.1, 0.15) is 11.7 Å². The SMILES string of the molecule is COc1ccccc1N(C)c1nc2c(s1)CCC2C(=O)O. The van der Waals surface area contributed by atoms with Crippen LogP contribution in [0.25, 0.3) is 0 Å². The van der Waals surface area contributed by atoms with Gasteiger partial charge < -0.3 is 14.7 Å². The van der Waals surface area contributed by atoms with Gasteiger partial charge in [-0.25, -0.2) is 4.98 Å². The van der Waals surface area contributed by atoms with Crippen molar-refractivity contribution in [2.45, 2.75) is 18.8 Å². The van der Waals surface area contributed by atoms with Crippen LogP contribution in [0.5, 0.6) is 5.75 Å². The summed E-state index contributed by atoms with van der Waals surface area (Å²) < 4.78 is 5.37. The molecule has 1 heterocycles. The molecule has 3 rings (SSSR count). The van der Waals surface area contributed by atoms with Crippen LogP contribution < -0.4 is 9.64 Å². The number of ether oxygens (including phenoxy) is 1. The summed E-state index contributed by atoms with van der Waals surface area (Å²) in [5, 5.41) is 10.0. The summed E-state index contributed by atoms with van der Waals surface area (Å²) in [5.41, 5.74) is 1.64. The van der Waals surface area contributed by atoms with Crippen LogP contribution in [-0.4, -0.2) is 30.2 Å². The van der Waals surface area contributed by atoms with Crippen LogP contribution in [-0.2, 0) is 11.2 Å². The first-order chi connectivity index (χ1) is 10.1. The minimum absolute atomic E-state index is 0.462. The molecule has 0 saturated carbocycles. The summed E-state index contributed by atoms with van der Waals surface area (Å²) in [6.07, 6.45) is 1.45. The Morgan fingerprint density at radius 3 is 2.95 bits per heavy atom. The number of benzene rings is 1. The van der Waals surface area contributed by atoms with Crippen molar-refractivity contribution < 1.29 is 14.6 Å². The molecule has 1 N–H and O–H groups in total. The molecule has 2 aromatic rings. The highest BCUT2D eigenvalue weighted by Crippen LogP contribution is 2.42. The van der Waals surface area contributed by atoms with Gasteiger partial charge in [0.05, 0.1) is 18.5 Å². The average Bonchev–Trinajstić information content (AvgIpc) is 3.06. The zero-order valence-electron chi connectivity index (χ0n) is 11.9. The summed E-state index contributed by atoms with van der Waals surface area (Å²) >= 11 is 1.56. The van der Waals surface area contributed by atoms with Crippen molar-refractivity contribution in [3.8, 4) is 5.75 Å². The molecule has 0 bridgehead atoms. The van der Waals surface area contributed by atoms with Gasteiger partial charge in [-0.15, -0.1) is 11.3 Å². The van der Waals surface area contributed by atoms with Crippen LogP contribution in [0.2, 0.25) is 0 Å². The number of carboxylic acids is 1. The number of aromatic nitrogens is 1. The fourth-order valence-electron chi connectivity index (χ4n) is 2.61. The molecule has 6 heteroatoms. The second-order valence-electron chi connectivity index (χ2n) is 4.97. The van der Waals surface area contributed by atoms with Gasteiger partial charge in [-0.1, -0.05) is 12.1 Å². The van der Waals surface area contributed by atoms with Crippen LogP contribution in [0.1, 0.15) is 22.9 Å². The van der Waals surface area contributed by atoms with Crippen LogP contribution in [0, 0.1) is 0 Å². The van der Waals surface area contributed by atoms with E-state index in [1.165, 1.54) is 0 Å². The van der Waals surface area contributed by atoms with E-state index >= 15 is 0 Å². The van der Waals surface area contributed by atoms with Crippen molar-refractivity contribution in [1.29, 1.82) is 0 Å². The number of anilines is 2. The maximum atomic E-state index is 11.2. The smallest absolute Gasteiger partial charge is 0.312 e. The predicted octanol–water partition coefficient (Wildman–Crippen LogP) is 3.03. The molecule has 0 amide bonds. The number of aliphatic carboxylic acids is 1. The quantitative estimate of drug-likeness (QED) is 0.940. The minimum Gasteiger partial charge on any atom is -0.495 e. The van der Waals surface area contributed by atoms with Crippen molar-refractivity contribution in [3.05, 3.63) is 34.8 Å². The number of fused-ring (bicyclic) bond motifs is 1. The minimum atomic E-state index is -0.787. The molecule has 0 radical (unpaired) electrons. The van der Waals surface area contributed by atoms with E-state index in [9.17, 15) is 9.90 Å². The van der Waals surface area contributed by atoms with Crippen molar-refractivity contribution in [2.75, 3.05) is 19.1 Å². The number of hydrogen-bond donors (Lipinski definition) is 1. The monoisotopic (exact) mass is 304 g/mol. The molecular formula is C15H16N2O3S. The molecule has 0 saturated heterocycles. The lowest BCUT2D eigenvalue weighted by Gasteiger charge is -2.19. The van der Waals surface area contributed by atoms with E-state index in [0.29, 0.717) is 6.42 Å². The van der Waals surface area contributed by atoms with Crippen LogP contribution in [0.15, 0.2) is 24.3 Å². The molecule has 1 aliphatic carbocycles. The van der Waals surface area contributed by atoms with Crippen LogP contribution in [0.4, 0.5) is 10.8 Å². The Bertz CT molecular complexity index is 683. The molecule has 1 unspecified atom stereocenters. The standard InChI is InChI=1S/C15H16N2O3S/c1-17(10-5-3-4-6-11(10)20-2)15-16-13-9(14(18)19)7-8-12(13)21-15/h3-6,9H,7-8H2,1-2H3,(H,18,19). The summed E-state index contributed by atoms with van der Waals surface area (Å²) in [4.78, 5) is 18.8. The maximum absolute atomic E-state index is 11.2. The number of para-hydroxylation sites is 2. The lowest BCUT2D eigenvalue weighted by molar-refractivity contribution is -0.138. The summed E-state index contributed by atoms with van der Waals surface area (Å²) in [6, 6.07) is 7.71. The van der Waals surface area contributed by atoms with Gasteiger partial charge in [0, 0.05) is 11.9 Å². The number of nitrogens with zero attached hydrogens (tertiary/aromatic N) is 2. The van der Waals surface area contributed by atoms with E-state index < -0.39 is 11.9 Å². The third-order valence-electron chi connectivity index (χ3n) is 3.74. The van der Waals surface area contributed by atoms with Gasteiger partial charge in [-0.3, -0.25) is 4.79 Å². The summed E-state index contributed by atoms with van der Waals surface area (Å²) in [5.74, 6) is -0.480. The molecular weight excluding hydrogens is 288 g/mol. The number of rotatable bonds is 4. The zero-order chi connectivity index (χ0) is 15.0. The molecule has 0 fully saturated rings. The first-order valence-electron chi connectivity index (χ1n) is 6.71. The van der Waals surface area contributed by atoms with Crippen molar-refractivity contribution >= 4 is 28.1 Å². The Labute approximate surface area is 126 Å². The molecule has 5 nitrogen and oxygen atoms in total. The number of aryl methyl sites for hydroxylation is 1.